The van der Waals surface area contributed by atoms with Gasteiger partial charge in [-0.15, -0.1) is 6.58 Å². The van der Waals surface area contributed by atoms with Crippen LogP contribution in [0.15, 0.2) is 24.8 Å². The minimum atomic E-state index is 0.565. The summed E-state index contributed by atoms with van der Waals surface area (Å²) in [6.45, 7) is 21.9. The Labute approximate surface area is 159 Å². The predicted octanol–water partition coefficient (Wildman–Crippen LogP) is 7.20. The zero-order valence-electron chi connectivity index (χ0n) is 18.4. The second-order valence-electron chi connectivity index (χ2n) is 6.95. The standard InChI is InChI=1S/C6H12O.2C6H12.C5H10O/c1-3-5(2)6-4-7-6;1-4-6(3)5-2;1-3-5-6-4-2;1-3-5-4(2)6-5/h5-6H,3-4H2,1-2H3;4,6H,1,5H2,2-3H3;5-6H,3-4H2,1-2H3;4-5H,3H2,1-2H3. The first-order valence-electron chi connectivity index (χ1n) is 10.5. The zero-order valence-corrected chi connectivity index (χ0v) is 18.4. The Bertz CT molecular complexity index is 299. The molecule has 2 heteroatoms. The molecular formula is C23H46O2. The highest BCUT2D eigenvalue weighted by Gasteiger charge is 2.31. The van der Waals surface area contributed by atoms with Gasteiger partial charge in [0, 0.05) is 0 Å². The summed E-state index contributed by atoms with van der Waals surface area (Å²) in [6, 6.07) is 0. The predicted molar refractivity (Wildman–Crippen MR) is 113 cm³/mol. The summed E-state index contributed by atoms with van der Waals surface area (Å²) in [5, 5.41) is 0. The molecule has 0 aromatic carbocycles. The van der Waals surface area contributed by atoms with Gasteiger partial charge >= 0.3 is 0 Å². The van der Waals surface area contributed by atoms with E-state index in [1.807, 2.05) is 6.08 Å². The molecule has 2 fully saturated rings. The maximum absolute atomic E-state index is 5.07. The van der Waals surface area contributed by atoms with Crippen molar-refractivity contribution in [2.45, 2.75) is 106 Å². The van der Waals surface area contributed by atoms with Crippen LogP contribution in [0.3, 0.4) is 0 Å². The maximum Gasteiger partial charge on any atom is 0.0836 e. The Balaban J connectivity index is 0. The number of epoxide rings is 2. The number of allylic oxidation sites excluding steroid dienone is 3. The third kappa shape index (κ3) is 19.6. The molecule has 5 atom stereocenters. The van der Waals surface area contributed by atoms with Crippen LogP contribution >= 0.6 is 0 Å². The summed E-state index contributed by atoms with van der Waals surface area (Å²) in [5.41, 5.74) is 0. The van der Waals surface area contributed by atoms with Crippen molar-refractivity contribution in [2.24, 2.45) is 11.8 Å². The highest BCUT2D eigenvalue weighted by Crippen LogP contribution is 2.23. The Morgan fingerprint density at radius 1 is 1.00 bits per heavy atom. The van der Waals surface area contributed by atoms with Gasteiger partial charge in [0.1, 0.15) is 0 Å². The van der Waals surface area contributed by atoms with Gasteiger partial charge in [-0.1, -0.05) is 79.5 Å². The van der Waals surface area contributed by atoms with E-state index in [1.54, 1.807) is 0 Å². The van der Waals surface area contributed by atoms with Gasteiger partial charge in [-0.05, 0) is 38.0 Å². The number of hydrogen-bond donors (Lipinski definition) is 0. The van der Waals surface area contributed by atoms with Gasteiger partial charge in [0.15, 0.2) is 0 Å². The van der Waals surface area contributed by atoms with Crippen molar-refractivity contribution in [2.75, 3.05) is 6.61 Å². The lowest BCUT2D eigenvalue weighted by atomic mass is 10.1. The molecule has 2 aliphatic rings. The van der Waals surface area contributed by atoms with Crippen molar-refractivity contribution in [3.63, 3.8) is 0 Å². The van der Waals surface area contributed by atoms with E-state index in [1.165, 1.54) is 32.1 Å². The van der Waals surface area contributed by atoms with E-state index in [4.69, 9.17) is 9.47 Å². The van der Waals surface area contributed by atoms with Gasteiger partial charge in [-0.2, -0.15) is 0 Å². The van der Waals surface area contributed by atoms with Crippen LogP contribution in [0.25, 0.3) is 0 Å². The molecule has 0 aromatic heterocycles. The topological polar surface area (TPSA) is 25.1 Å². The van der Waals surface area contributed by atoms with E-state index in [2.05, 4.69) is 74.1 Å². The Kier molecular flexibility index (Phi) is 19.4. The average molecular weight is 355 g/mol. The molecule has 0 radical (unpaired) electrons. The monoisotopic (exact) mass is 354 g/mol. The summed E-state index contributed by atoms with van der Waals surface area (Å²) in [7, 11) is 0. The van der Waals surface area contributed by atoms with E-state index in [0.29, 0.717) is 24.2 Å². The SMILES string of the molecule is C=CC(C)CC.CCC(C)C1CO1.CCC1OC1C.CCC=CCC. The van der Waals surface area contributed by atoms with E-state index >= 15 is 0 Å². The first-order chi connectivity index (χ1) is 11.9. The quantitative estimate of drug-likeness (QED) is 0.357. The number of hydrogen-bond acceptors (Lipinski definition) is 2. The fourth-order valence-corrected chi connectivity index (χ4v) is 1.81. The molecule has 5 unspecified atom stereocenters. The van der Waals surface area contributed by atoms with E-state index < -0.39 is 0 Å². The first kappa shape index (κ1) is 26.6. The van der Waals surface area contributed by atoms with Gasteiger partial charge in [0.25, 0.3) is 0 Å². The second-order valence-corrected chi connectivity index (χ2v) is 6.95. The van der Waals surface area contributed by atoms with E-state index in [9.17, 15) is 0 Å². The minimum absolute atomic E-state index is 0.565. The van der Waals surface area contributed by atoms with E-state index in [-0.39, 0.29) is 0 Å². The van der Waals surface area contributed by atoms with Gasteiger partial charge in [0.05, 0.1) is 24.9 Å². The molecule has 0 bridgehead atoms. The molecule has 2 aliphatic heterocycles. The third-order valence-electron chi connectivity index (χ3n) is 4.56. The molecule has 0 aliphatic carbocycles. The molecule has 2 saturated heterocycles. The molecular weight excluding hydrogens is 308 g/mol. The summed E-state index contributed by atoms with van der Waals surface area (Å²) in [4.78, 5) is 0. The van der Waals surface area contributed by atoms with Crippen LogP contribution in [0, 0.1) is 11.8 Å². The highest BCUT2D eigenvalue weighted by atomic mass is 16.6. The summed E-state index contributed by atoms with van der Waals surface area (Å²) in [5.74, 6) is 1.49. The van der Waals surface area contributed by atoms with Crippen molar-refractivity contribution in [3.8, 4) is 0 Å². The minimum Gasteiger partial charge on any atom is -0.373 e. The van der Waals surface area contributed by atoms with Gasteiger partial charge in [-0.25, -0.2) is 0 Å². The van der Waals surface area contributed by atoms with Crippen molar-refractivity contribution >= 4 is 0 Å². The van der Waals surface area contributed by atoms with Crippen LogP contribution in [0.5, 0.6) is 0 Å². The zero-order chi connectivity index (χ0) is 19.7. The van der Waals surface area contributed by atoms with Gasteiger partial charge in [0.2, 0.25) is 0 Å². The average Bonchev–Trinajstić information content (AvgIpc) is 3.56. The molecule has 0 saturated carbocycles. The van der Waals surface area contributed by atoms with Crippen LogP contribution in [-0.4, -0.2) is 24.9 Å². The van der Waals surface area contributed by atoms with Crippen LogP contribution in [-0.2, 0) is 9.47 Å². The second kappa shape index (κ2) is 18.2. The lowest BCUT2D eigenvalue weighted by molar-refractivity contribution is 0.337. The lowest BCUT2D eigenvalue weighted by Gasteiger charge is -1.98. The molecule has 0 N–H and O–H groups in total. The molecule has 2 rings (SSSR count). The van der Waals surface area contributed by atoms with Gasteiger partial charge in [-0.3, -0.25) is 0 Å². The van der Waals surface area contributed by atoms with Crippen LogP contribution in [0.1, 0.15) is 87.5 Å². The van der Waals surface area contributed by atoms with Crippen LogP contribution in [0.2, 0.25) is 0 Å². The molecule has 2 nitrogen and oxygen atoms in total. The van der Waals surface area contributed by atoms with Gasteiger partial charge < -0.3 is 9.47 Å². The summed E-state index contributed by atoms with van der Waals surface area (Å²) >= 11 is 0. The molecule has 0 amide bonds. The Morgan fingerprint density at radius 3 is 1.56 bits per heavy atom. The Morgan fingerprint density at radius 2 is 1.48 bits per heavy atom. The summed E-state index contributed by atoms with van der Waals surface area (Å²) in [6.07, 6.45) is 14.1. The van der Waals surface area contributed by atoms with Crippen molar-refractivity contribution in [3.05, 3.63) is 24.8 Å². The van der Waals surface area contributed by atoms with Crippen molar-refractivity contribution < 1.29 is 9.47 Å². The lowest BCUT2D eigenvalue weighted by Crippen LogP contribution is -1.99. The van der Waals surface area contributed by atoms with Crippen LogP contribution in [0.4, 0.5) is 0 Å². The molecule has 0 aromatic rings. The largest absolute Gasteiger partial charge is 0.373 e. The maximum atomic E-state index is 5.07. The molecule has 2 heterocycles. The molecule has 0 spiro atoms. The summed E-state index contributed by atoms with van der Waals surface area (Å²) < 4.78 is 10.1. The fraction of sp³-hybridized carbons (Fsp3) is 0.826. The molecule has 150 valence electrons. The highest BCUT2D eigenvalue weighted by molar-refractivity contribution is 4.78. The third-order valence-corrected chi connectivity index (χ3v) is 4.56. The molecule has 25 heavy (non-hydrogen) atoms. The first-order valence-corrected chi connectivity index (χ1v) is 10.5. The smallest absolute Gasteiger partial charge is 0.0836 e. The van der Waals surface area contributed by atoms with Crippen molar-refractivity contribution in [1.82, 2.24) is 0 Å². The van der Waals surface area contributed by atoms with Crippen LogP contribution < -0.4 is 0 Å². The number of ether oxygens (including phenoxy) is 2. The normalized spacial score (nSPS) is 25.2. The fourth-order valence-electron chi connectivity index (χ4n) is 1.81. The van der Waals surface area contributed by atoms with E-state index in [0.717, 1.165) is 12.5 Å². The number of rotatable bonds is 7. The Hall–Kier alpha value is -0.600. The van der Waals surface area contributed by atoms with Crippen molar-refractivity contribution in [1.29, 1.82) is 0 Å².